The van der Waals surface area contributed by atoms with Crippen molar-refractivity contribution in [3.8, 4) is 0 Å². The molecule has 1 aromatic heterocycles. The smallest absolute Gasteiger partial charge is 0.225 e. The fourth-order valence-corrected chi connectivity index (χ4v) is 2.58. The quantitative estimate of drug-likeness (QED) is 0.818. The van der Waals surface area contributed by atoms with Crippen LogP contribution in [0.15, 0.2) is 18.3 Å². The molecule has 2 heterocycles. The highest BCUT2D eigenvalue weighted by Crippen LogP contribution is 2.31. The van der Waals surface area contributed by atoms with Crippen molar-refractivity contribution in [1.82, 2.24) is 9.88 Å². The standard InChI is InChI=1S/C13H16ClN3O/c14-11-2-1-5-15-12(11)16-6-8-17(9-7-16)13(18)10-3-4-10/h1-2,5,10H,3-4,6-9H2. The second kappa shape index (κ2) is 4.76. The first-order valence-corrected chi connectivity index (χ1v) is 6.78. The van der Waals surface area contributed by atoms with Crippen LogP contribution in [0.3, 0.4) is 0 Å². The van der Waals surface area contributed by atoms with Crippen LogP contribution in [-0.4, -0.2) is 42.0 Å². The summed E-state index contributed by atoms with van der Waals surface area (Å²) in [4.78, 5) is 20.4. The summed E-state index contributed by atoms with van der Waals surface area (Å²) in [5, 5.41) is 0.680. The Labute approximate surface area is 112 Å². The number of rotatable bonds is 2. The average molecular weight is 266 g/mol. The Morgan fingerprint density at radius 2 is 2.00 bits per heavy atom. The number of halogens is 1. The van der Waals surface area contributed by atoms with E-state index >= 15 is 0 Å². The predicted molar refractivity (Wildman–Crippen MR) is 70.8 cm³/mol. The van der Waals surface area contributed by atoms with Gasteiger partial charge in [-0.25, -0.2) is 4.98 Å². The summed E-state index contributed by atoms with van der Waals surface area (Å²) in [7, 11) is 0. The van der Waals surface area contributed by atoms with Crippen molar-refractivity contribution in [1.29, 1.82) is 0 Å². The van der Waals surface area contributed by atoms with E-state index in [-0.39, 0.29) is 0 Å². The Morgan fingerprint density at radius 1 is 1.28 bits per heavy atom. The highest BCUT2D eigenvalue weighted by Gasteiger charge is 2.34. The van der Waals surface area contributed by atoms with Gasteiger partial charge < -0.3 is 9.80 Å². The molecule has 0 N–H and O–H groups in total. The molecule has 0 unspecified atom stereocenters. The van der Waals surface area contributed by atoms with Crippen molar-refractivity contribution in [3.63, 3.8) is 0 Å². The molecule has 18 heavy (non-hydrogen) atoms. The van der Waals surface area contributed by atoms with E-state index in [0.717, 1.165) is 44.8 Å². The van der Waals surface area contributed by atoms with Gasteiger partial charge in [-0.15, -0.1) is 0 Å². The van der Waals surface area contributed by atoms with E-state index in [1.165, 1.54) is 0 Å². The van der Waals surface area contributed by atoms with Gasteiger partial charge in [-0.2, -0.15) is 0 Å². The van der Waals surface area contributed by atoms with Gasteiger partial charge in [-0.3, -0.25) is 4.79 Å². The maximum absolute atomic E-state index is 11.9. The molecule has 96 valence electrons. The summed E-state index contributed by atoms with van der Waals surface area (Å²) in [6.07, 6.45) is 3.90. The molecule has 1 amide bonds. The number of hydrogen-bond donors (Lipinski definition) is 0. The van der Waals surface area contributed by atoms with Crippen molar-refractivity contribution in [3.05, 3.63) is 23.4 Å². The summed E-state index contributed by atoms with van der Waals surface area (Å²) in [5.74, 6) is 1.48. The van der Waals surface area contributed by atoms with Gasteiger partial charge in [0.15, 0.2) is 0 Å². The molecule has 4 nitrogen and oxygen atoms in total. The summed E-state index contributed by atoms with van der Waals surface area (Å²) in [5.41, 5.74) is 0. The molecule has 0 bridgehead atoms. The number of aromatic nitrogens is 1. The third-order valence-electron chi connectivity index (χ3n) is 3.56. The van der Waals surface area contributed by atoms with E-state index in [4.69, 9.17) is 11.6 Å². The number of nitrogens with zero attached hydrogens (tertiary/aromatic N) is 3. The first-order chi connectivity index (χ1) is 8.75. The lowest BCUT2D eigenvalue weighted by Gasteiger charge is -2.35. The summed E-state index contributed by atoms with van der Waals surface area (Å²) in [6.45, 7) is 3.19. The number of amides is 1. The second-order valence-corrected chi connectivity index (χ2v) is 5.30. The molecule has 2 fully saturated rings. The molecule has 1 aliphatic carbocycles. The lowest BCUT2D eigenvalue weighted by atomic mass is 10.2. The molecule has 1 aliphatic heterocycles. The molecule has 0 spiro atoms. The van der Waals surface area contributed by atoms with Crippen LogP contribution in [0.5, 0.6) is 0 Å². The minimum atomic E-state index is 0.315. The average Bonchev–Trinajstić information content (AvgIpc) is 3.23. The molecule has 1 saturated heterocycles. The highest BCUT2D eigenvalue weighted by molar-refractivity contribution is 6.32. The van der Waals surface area contributed by atoms with Crippen LogP contribution in [0, 0.1) is 5.92 Å². The Bertz CT molecular complexity index is 453. The van der Waals surface area contributed by atoms with Gasteiger partial charge >= 0.3 is 0 Å². The minimum Gasteiger partial charge on any atom is -0.352 e. The Morgan fingerprint density at radius 3 is 2.61 bits per heavy atom. The Kier molecular flexibility index (Phi) is 3.12. The molecule has 1 saturated carbocycles. The number of piperazine rings is 1. The third kappa shape index (κ3) is 2.29. The van der Waals surface area contributed by atoms with Crippen LogP contribution in [-0.2, 0) is 4.79 Å². The zero-order valence-electron chi connectivity index (χ0n) is 10.2. The summed E-state index contributed by atoms with van der Waals surface area (Å²) < 4.78 is 0. The van der Waals surface area contributed by atoms with Crippen molar-refractivity contribution in [2.24, 2.45) is 5.92 Å². The van der Waals surface area contributed by atoms with E-state index < -0.39 is 0 Å². The maximum atomic E-state index is 11.9. The van der Waals surface area contributed by atoms with E-state index in [1.54, 1.807) is 6.20 Å². The summed E-state index contributed by atoms with van der Waals surface area (Å²) >= 11 is 6.13. The van der Waals surface area contributed by atoms with Crippen molar-refractivity contribution in [2.45, 2.75) is 12.8 Å². The van der Waals surface area contributed by atoms with E-state index in [2.05, 4.69) is 9.88 Å². The van der Waals surface area contributed by atoms with Gasteiger partial charge in [-0.1, -0.05) is 11.6 Å². The van der Waals surface area contributed by atoms with Gasteiger partial charge in [0.1, 0.15) is 5.82 Å². The van der Waals surface area contributed by atoms with Crippen LogP contribution < -0.4 is 4.90 Å². The van der Waals surface area contributed by atoms with Gasteiger partial charge in [-0.05, 0) is 25.0 Å². The SMILES string of the molecule is O=C(C1CC1)N1CCN(c2ncccc2Cl)CC1. The van der Waals surface area contributed by atoms with Gasteiger partial charge in [0.05, 0.1) is 5.02 Å². The third-order valence-corrected chi connectivity index (χ3v) is 3.85. The topological polar surface area (TPSA) is 36.4 Å². The van der Waals surface area contributed by atoms with E-state index in [9.17, 15) is 4.79 Å². The molecule has 3 rings (SSSR count). The molecule has 2 aliphatic rings. The molecular formula is C13H16ClN3O. The number of carbonyl (C=O) groups excluding carboxylic acids is 1. The lowest BCUT2D eigenvalue weighted by molar-refractivity contribution is -0.132. The first kappa shape index (κ1) is 11.8. The number of anilines is 1. The molecule has 0 radical (unpaired) electrons. The monoisotopic (exact) mass is 265 g/mol. The molecule has 0 aromatic carbocycles. The number of hydrogen-bond acceptors (Lipinski definition) is 3. The van der Waals surface area contributed by atoms with Crippen LogP contribution in [0.2, 0.25) is 5.02 Å². The minimum absolute atomic E-state index is 0.315. The largest absolute Gasteiger partial charge is 0.352 e. The summed E-state index contributed by atoms with van der Waals surface area (Å²) in [6, 6.07) is 3.68. The molecule has 0 atom stereocenters. The fourth-order valence-electron chi connectivity index (χ4n) is 2.34. The van der Waals surface area contributed by atoms with Crippen LogP contribution >= 0.6 is 11.6 Å². The molecular weight excluding hydrogens is 250 g/mol. The molecule has 1 aromatic rings. The van der Waals surface area contributed by atoms with E-state index in [0.29, 0.717) is 16.8 Å². The van der Waals surface area contributed by atoms with Gasteiger partial charge in [0.2, 0.25) is 5.91 Å². The van der Waals surface area contributed by atoms with E-state index in [1.807, 2.05) is 17.0 Å². The molecule has 5 heteroatoms. The zero-order valence-corrected chi connectivity index (χ0v) is 10.9. The number of pyridine rings is 1. The maximum Gasteiger partial charge on any atom is 0.225 e. The van der Waals surface area contributed by atoms with Crippen molar-refractivity contribution in [2.75, 3.05) is 31.1 Å². The highest BCUT2D eigenvalue weighted by atomic mass is 35.5. The first-order valence-electron chi connectivity index (χ1n) is 6.40. The zero-order chi connectivity index (χ0) is 12.5. The van der Waals surface area contributed by atoms with Gasteiger partial charge in [0.25, 0.3) is 0 Å². The normalized spacial score (nSPS) is 20.1. The lowest BCUT2D eigenvalue weighted by Crippen LogP contribution is -2.49. The Hall–Kier alpha value is -1.29. The van der Waals surface area contributed by atoms with Crippen LogP contribution in [0.4, 0.5) is 5.82 Å². The van der Waals surface area contributed by atoms with Crippen LogP contribution in [0.25, 0.3) is 0 Å². The van der Waals surface area contributed by atoms with Crippen LogP contribution in [0.1, 0.15) is 12.8 Å². The fraction of sp³-hybridized carbons (Fsp3) is 0.538. The predicted octanol–water partition coefficient (Wildman–Crippen LogP) is 1.79. The number of carbonyl (C=O) groups is 1. The van der Waals surface area contributed by atoms with Crippen molar-refractivity contribution < 1.29 is 4.79 Å². The van der Waals surface area contributed by atoms with Crippen molar-refractivity contribution >= 4 is 23.3 Å². The van der Waals surface area contributed by atoms with Gasteiger partial charge in [0, 0.05) is 38.3 Å². The second-order valence-electron chi connectivity index (χ2n) is 4.90. The Balaban J connectivity index is 1.63.